The van der Waals surface area contributed by atoms with Crippen LogP contribution in [-0.4, -0.2) is 16.6 Å². The highest BCUT2D eigenvalue weighted by Crippen LogP contribution is 2.35. The zero-order chi connectivity index (χ0) is 11.1. The molecule has 0 atom stereocenters. The Bertz CT molecular complexity index is 421. The highest BCUT2D eigenvalue weighted by Gasteiger charge is 2.46. The Kier molecular flexibility index (Phi) is 3.83. The third kappa shape index (κ3) is 2.66. The van der Waals surface area contributed by atoms with Crippen molar-refractivity contribution in [1.29, 1.82) is 0 Å². The largest absolute Gasteiger partial charge is 0.506 e. The summed E-state index contributed by atoms with van der Waals surface area (Å²) < 4.78 is 0.789. The highest BCUT2D eigenvalue weighted by atomic mass is 79.9. The summed E-state index contributed by atoms with van der Waals surface area (Å²) in [6.07, 6.45) is 1.40. The van der Waals surface area contributed by atoms with E-state index in [9.17, 15) is 9.90 Å². The minimum absolute atomic E-state index is 0. The first-order chi connectivity index (χ1) is 7.01. The molecular formula is C10H12BrClN2O2. The first-order valence-corrected chi connectivity index (χ1v) is 5.39. The molecule has 88 valence electrons. The number of carbonyl (C=O) groups excluding carboxylic acids is 1. The number of rotatable bonds is 2. The second kappa shape index (κ2) is 4.61. The quantitative estimate of drug-likeness (QED) is 0.732. The number of benzene rings is 1. The molecule has 0 heterocycles. The van der Waals surface area contributed by atoms with Crippen LogP contribution >= 0.6 is 28.3 Å². The zero-order valence-corrected chi connectivity index (χ0v) is 10.8. The molecule has 4 N–H and O–H groups in total. The Morgan fingerprint density at radius 1 is 1.50 bits per heavy atom. The van der Waals surface area contributed by atoms with Crippen LogP contribution in [-0.2, 0) is 4.79 Å². The first-order valence-electron chi connectivity index (χ1n) is 4.60. The van der Waals surface area contributed by atoms with E-state index in [4.69, 9.17) is 5.73 Å². The number of aromatic hydroxyl groups is 1. The SMILES string of the molecule is Cl.NC1(C(=O)Nc2cc(Br)ccc2O)CC1. The minimum atomic E-state index is -0.727. The lowest BCUT2D eigenvalue weighted by Gasteiger charge is -2.11. The normalized spacial score (nSPS) is 16.1. The van der Waals surface area contributed by atoms with E-state index in [1.807, 2.05) is 0 Å². The fourth-order valence-electron chi connectivity index (χ4n) is 1.22. The first kappa shape index (κ1) is 13.3. The van der Waals surface area contributed by atoms with E-state index >= 15 is 0 Å². The van der Waals surface area contributed by atoms with Crippen molar-refractivity contribution in [3.63, 3.8) is 0 Å². The lowest BCUT2D eigenvalue weighted by atomic mass is 10.2. The van der Waals surface area contributed by atoms with Gasteiger partial charge in [-0.15, -0.1) is 12.4 Å². The van der Waals surface area contributed by atoms with Crippen LogP contribution in [0.5, 0.6) is 5.75 Å². The maximum absolute atomic E-state index is 11.6. The average Bonchev–Trinajstić information content (AvgIpc) is 2.91. The smallest absolute Gasteiger partial charge is 0.244 e. The maximum atomic E-state index is 11.6. The lowest BCUT2D eigenvalue weighted by molar-refractivity contribution is -0.118. The van der Waals surface area contributed by atoms with Crippen molar-refractivity contribution in [2.75, 3.05) is 5.32 Å². The summed E-state index contributed by atoms with van der Waals surface area (Å²) in [6.45, 7) is 0. The van der Waals surface area contributed by atoms with E-state index in [1.165, 1.54) is 6.07 Å². The molecule has 0 unspecified atom stereocenters. The van der Waals surface area contributed by atoms with Gasteiger partial charge in [0.1, 0.15) is 5.75 Å². The second-order valence-corrected chi connectivity index (χ2v) is 4.69. The maximum Gasteiger partial charge on any atom is 0.244 e. The van der Waals surface area contributed by atoms with Crippen molar-refractivity contribution in [3.8, 4) is 5.75 Å². The van der Waals surface area contributed by atoms with Crippen LogP contribution in [0.1, 0.15) is 12.8 Å². The highest BCUT2D eigenvalue weighted by molar-refractivity contribution is 9.10. The van der Waals surface area contributed by atoms with Gasteiger partial charge in [0.2, 0.25) is 5.91 Å². The topological polar surface area (TPSA) is 75.4 Å². The van der Waals surface area contributed by atoms with Crippen LogP contribution in [0.2, 0.25) is 0 Å². The van der Waals surface area contributed by atoms with Crippen molar-refractivity contribution in [2.24, 2.45) is 5.73 Å². The Hall–Kier alpha value is -0.780. The van der Waals surface area contributed by atoms with Gasteiger partial charge in [-0.1, -0.05) is 15.9 Å². The number of hydrogen-bond acceptors (Lipinski definition) is 3. The number of nitrogens with one attached hydrogen (secondary N) is 1. The van der Waals surface area contributed by atoms with E-state index in [-0.39, 0.29) is 24.1 Å². The third-order valence-corrected chi connectivity index (χ3v) is 2.94. The Morgan fingerprint density at radius 2 is 2.12 bits per heavy atom. The molecule has 1 saturated carbocycles. The Morgan fingerprint density at radius 3 is 2.69 bits per heavy atom. The van der Waals surface area contributed by atoms with Crippen molar-refractivity contribution in [3.05, 3.63) is 22.7 Å². The van der Waals surface area contributed by atoms with Gasteiger partial charge < -0.3 is 16.2 Å². The summed E-state index contributed by atoms with van der Waals surface area (Å²) in [5, 5.41) is 12.1. The molecule has 0 bridgehead atoms. The van der Waals surface area contributed by atoms with Gasteiger partial charge in [-0.25, -0.2) is 0 Å². The number of hydrogen-bond donors (Lipinski definition) is 3. The van der Waals surface area contributed by atoms with Crippen LogP contribution in [0, 0.1) is 0 Å². The molecule has 1 aromatic carbocycles. The van der Waals surface area contributed by atoms with Crippen molar-refractivity contribution < 1.29 is 9.90 Å². The molecule has 1 aromatic rings. The van der Waals surface area contributed by atoms with Gasteiger partial charge in [-0.3, -0.25) is 4.79 Å². The predicted octanol–water partition coefficient (Wildman–Crippen LogP) is 2.01. The molecule has 0 radical (unpaired) electrons. The molecule has 6 heteroatoms. The minimum Gasteiger partial charge on any atom is -0.506 e. The van der Waals surface area contributed by atoms with Gasteiger partial charge in [-0.05, 0) is 31.0 Å². The molecule has 1 aliphatic carbocycles. The number of nitrogens with two attached hydrogens (primary N) is 1. The number of anilines is 1. The molecule has 4 nitrogen and oxygen atoms in total. The summed E-state index contributed by atoms with van der Waals surface area (Å²) >= 11 is 3.26. The van der Waals surface area contributed by atoms with Gasteiger partial charge in [0.05, 0.1) is 11.2 Å². The van der Waals surface area contributed by atoms with Gasteiger partial charge in [0.25, 0.3) is 0 Å². The summed E-state index contributed by atoms with van der Waals surface area (Å²) in [5.74, 6) is -0.202. The van der Waals surface area contributed by atoms with Crippen molar-refractivity contribution in [1.82, 2.24) is 0 Å². The number of phenolic OH excluding ortho intramolecular Hbond substituents is 1. The molecule has 16 heavy (non-hydrogen) atoms. The molecule has 1 amide bonds. The number of amides is 1. The Labute approximate surface area is 108 Å². The fourth-order valence-corrected chi connectivity index (χ4v) is 1.58. The van der Waals surface area contributed by atoms with E-state index in [1.54, 1.807) is 12.1 Å². The lowest BCUT2D eigenvalue weighted by Crippen LogP contribution is -2.37. The number of phenols is 1. The van der Waals surface area contributed by atoms with Gasteiger partial charge in [0.15, 0.2) is 0 Å². The molecule has 0 aliphatic heterocycles. The summed E-state index contributed by atoms with van der Waals surface area (Å²) in [7, 11) is 0. The molecule has 1 aliphatic rings. The summed E-state index contributed by atoms with van der Waals surface area (Å²) in [4.78, 5) is 11.6. The van der Waals surface area contributed by atoms with Crippen LogP contribution in [0.25, 0.3) is 0 Å². The van der Waals surface area contributed by atoms with E-state index < -0.39 is 5.54 Å². The Balaban J connectivity index is 0.00000128. The van der Waals surface area contributed by atoms with Gasteiger partial charge in [-0.2, -0.15) is 0 Å². The molecule has 0 saturated heterocycles. The van der Waals surface area contributed by atoms with Crippen LogP contribution < -0.4 is 11.1 Å². The third-order valence-electron chi connectivity index (χ3n) is 2.45. The molecule has 0 aromatic heterocycles. The van der Waals surface area contributed by atoms with Crippen LogP contribution in [0.4, 0.5) is 5.69 Å². The number of carbonyl (C=O) groups is 1. The number of halogens is 2. The van der Waals surface area contributed by atoms with E-state index in [2.05, 4.69) is 21.2 Å². The monoisotopic (exact) mass is 306 g/mol. The summed E-state index contributed by atoms with van der Waals surface area (Å²) in [5.41, 5.74) is 5.37. The molecule has 0 spiro atoms. The van der Waals surface area contributed by atoms with Crippen LogP contribution in [0.15, 0.2) is 22.7 Å². The molecular weight excluding hydrogens is 295 g/mol. The van der Waals surface area contributed by atoms with E-state index in [0.29, 0.717) is 18.5 Å². The average molecular weight is 308 g/mol. The zero-order valence-electron chi connectivity index (χ0n) is 8.37. The molecule has 2 rings (SSSR count). The van der Waals surface area contributed by atoms with E-state index in [0.717, 1.165) is 4.47 Å². The molecule has 1 fully saturated rings. The van der Waals surface area contributed by atoms with Crippen molar-refractivity contribution in [2.45, 2.75) is 18.4 Å². The fraction of sp³-hybridized carbons (Fsp3) is 0.300. The standard InChI is InChI=1S/C10H11BrN2O2.ClH/c11-6-1-2-8(14)7(5-6)13-9(15)10(12)3-4-10;/h1-2,5,14H,3-4,12H2,(H,13,15);1H. The predicted molar refractivity (Wildman–Crippen MR) is 67.8 cm³/mol. The van der Waals surface area contributed by atoms with Crippen LogP contribution in [0.3, 0.4) is 0 Å². The van der Waals surface area contributed by atoms with Gasteiger partial charge >= 0.3 is 0 Å². The summed E-state index contributed by atoms with van der Waals surface area (Å²) in [6, 6.07) is 4.84. The van der Waals surface area contributed by atoms with Gasteiger partial charge in [0, 0.05) is 4.47 Å². The second-order valence-electron chi connectivity index (χ2n) is 3.77. The van der Waals surface area contributed by atoms with Crippen molar-refractivity contribution >= 4 is 39.9 Å².